The van der Waals surface area contributed by atoms with Crippen molar-refractivity contribution in [1.82, 2.24) is 0 Å². The Morgan fingerprint density at radius 1 is 0.900 bits per heavy atom. The standard InChI is InChI=1S/C47H47BN2/c1-4-38(49)25-14-13-19-34-20-17-26-39-41-31-35(33(2)3)32-43(45(41)48)50-30-16-6-5-15-29-47(36-21-9-7-10-22-36,37-23-11-8-12-24-37)42-28-18-27-40(44(34)39)46(42)50/h4-7,9,11,13-21,23-28,31-33H,8,10,12,22,29-30,49H2,1-3H3/b15-5-,16-6-,19-13-,25-14-,38-4-. The van der Waals surface area contributed by atoms with Gasteiger partial charge in [0.05, 0.1) is 5.69 Å². The average Bonchev–Trinajstić information content (AvgIpc) is 3.15. The monoisotopic (exact) mass is 650 g/mol. The van der Waals surface area contributed by atoms with E-state index in [1.807, 2.05) is 25.2 Å². The highest BCUT2D eigenvalue weighted by Gasteiger charge is 2.42. The molecule has 3 heteroatoms. The van der Waals surface area contributed by atoms with E-state index in [4.69, 9.17) is 13.6 Å². The molecule has 3 aromatic rings. The molecule has 1 atom stereocenters. The van der Waals surface area contributed by atoms with Crippen LogP contribution in [0.1, 0.15) is 75.5 Å². The number of fused-ring (bicyclic) bond motifs is 6. The first-order valence-corrected chi connectivity index (χ1v) is 18.2. The molecule has 7 rings (SSSR count). The number of anilines is 2. The molecule has 1 unspecified atom stereocenters. The predicted octanol–water partition coefficient (Wildman–Crippen LogP) is 11.1. The van der Waals surface area contributed by atoms with Crippen LogP contribution in [0.2, 0.25) is 0 Å². The zero-order chi connectivity index (χ0) is 34.7. The molecular formula is C47H47BN2. The minimum Gasteiger partial charge on any atom is -0.399 e. The minimum atomic E-state index is -0.350. The van der Waals surface area contributed by atoms with Crippen molar-refractivity contribution in [3.63, 3.8) is 0 Å². The van der Waals surface area contributed by atoms with Crippen LogP contribution in [0.15, 0.2) is 150 Å². The normalized spacial score (nSPS) is 21.4. The fraction of sp³-hybridized carbons (Fsp3) is 0.234. The van der Waals surface area contributed by atoms with E-state index in [1.54, 1.807) is 0 Å². The van der Waals surface area contributed by atoms with Gasteiger partial charge in [0.1, 0.15) is 7.85 Å². The molecule has 4 aliphatic rings. The first kappa shape index (κ1) is 33.5. The lowest BCUT2D eigenvalue weighted by Gasteiger charge is -2.44. The summed E-state index contributed by atoms with van der Waals surface area (Å²) in [6.07, 6.45) is 38.6. The van der Waals surface area contributed by atoms with Gasteiger partial charge in [-0.1, -0.05) is 152 Å². The third-order valence-electron chi connectivity index (χ3n) is 10.7. The zero-order valence-electron chi connectivity index (χ0n) is 29.7. The predicted molar refractivity (Wildman–Crippen MR) is 217 cm³/mol. The van der Waals surface area contributed by atoms with Crippen molar-refractivity contribution in [3.8, 4) is 22.3 Å². The lowest BCUT2D eigenvalue weighted by atomic mass is 9.62. The van der Waals surface area contributed by atoms with Crippen molar-refractivity contribution in [2.75, 3.05) is 11.4 Å². The number of rotatable bonds is 6. The molecule has 2 radical (unpaired) electrons. The topological polar surface area (TPSA) is 29.3 Å². The molecule has 3 aromatic carbocycles. The highest BCUT2D eigenvalue weighted by Crippen LogP contribution is 2.55. The van der Waals surface area contributed by atoms with Crippen LogP contribution in [0.3, 0.4) is 0 Å². The summed E-state index contributed by atoms with van der Waals surface area (Å²) >= 11 is 0. The van der Waals surface area contributed by atoms with Crippen LogP contribution >= 0.6 is 0 Å². The van der Waals surface area contributed by atoms with Crippen LogP contribution in [0.4, 0.5) is 11.4 Å². The maximum atomic E-state index is 7.36. The lowest BCUT2D eigenvalue weighted by molar-refractivity contribution is 0.575. The van der Waals surface area contributed by atoms with Crippen molar-refractivity contribution >= 4 is 30.8 Å². The number of allylic oxidation sites excluding steroid dienone is 15. The Labute approximate surface area is 300 Å². The molecule has 2 nitrogen and oxygen atoms in total. The van der Waals surface area contributed by atoms with Crippen molar-refractivity contribution in [3.05, 3.63) is 167 Å². The van der Waals surface area contributed by atoms with Gasteiger partial charge in [-0.25, -0.2) is 0 Å². The molecule has 2 heterocycles. The number of nitrogens with zero attached hydrogens (tertiary/aromatic N) is 1. The van der Waals surface area contributed by atoms with Crippen LogP contribution in [0.25, 0.3) is 28.3 Å². The van der Waals surface area contributed by atoms with E-state index in [1.165, 1.54) is 39.1 Å². The van der Waals surface area contributed by atoms with E-state index in [0.29, 0.717) is 12.5 Å². The fourth-order valence-electron chi connectivity index (χ4n) is 8.12. The van der Waals surface area contributed by atoms with E-state index in [-0.39, 0.29) is 5.41 Å². The number of nitrogens with two attached hydrogens (primary N) is 1. The second-order valence-electron chi connectivity index (χ2n) is 14.0. The largest absolute Gasteiger partial charge is 0.399 e. The quantitative estimate of drug-likeness (QED) is 0.213. The van der Waals surface area contributed by atoms with Gasteiger partial charge in [0.2, 0.25) is 0 Å². The van der Waals surface area contributed by atoms with Crippen LogP contribution < -0.4 is 16.1 Å². The lowest BCUT2D eigenvalue weighted by Crippen LogP contribution is -2.36. The van der Waals surface area contributed by atoms with E-state index in [0.717, 1.165) is 65.6 Å². The average molecular weight is 651 g/mol. The van der Waals surface area contributed by atoms with E-state index >= 15 is 0 Å². The molecule has 0 saturated carbocycles. The summed E-state index contributed by atoms with van der Waals surface area (Å²) in [4.78, 5) is 2.52. The van der Waals surface area contributed by atoms with Gasteiger partial charge in [-0.05, 0) is 96.0 Å². The van der Waals surface area contributed by atoms with Crippen LogP contribution in [0, 0.1) is 0 Å². The Morgan fingerprint density at radius 3 is 2.52 bits per heavy atom. The summed E-state index contributed by atoms with van der Waals surface area (Å²) in [6.45, 7) is 7.20. The Hall–Kier alpha value is -5.02. The van der Waals surface area contributed by atoms with Crippen molar-refractivity contribution < 1.29 is 0 Å². The van der Waals surface area contributed by atoms with Gasteiger partial charge in [-0.3, -0.25) is 0 Å². The first-order valence-electron chi connectivity index (χ1n) is 18.2. The summed E-state index contributed by atoms with van der Waals surface area (Å²) in [6, 6.07) is 18.3. The second kappa shape index (κ2) is 14.5. The highest BCUT2D eigenvalue weighted by molar-refractivity contribution is 6.40. The Morgan fingerprint density at radius 2 is 1.74 bits per heavy atom. The summed E-state index contributed by atoms with van der Waals surface area (Å²) in [5, 5.41) is 0. The van der Waals surface area contributed by atoms with Crippen molar-refractivity contribution in [2.45, 2.75) is 64.2 Å². The summed E-state index contributed by atoms with van der Waals surface area (Å²) in [7, 11) is 7.36. The molecule has 0 saturated heterocycles. The number of hydrogen-bond donors (Lipinski definition) is 1. The molecule has 248 valence electrons. The Balaban J connectivity index is 1.63. The first-order chi connectivity index (χ1) is 24.4. The van der Waals surface area contributed by atoms with Gasteiger partial charge in [-0.2, -0.15) is 0 Å². The van der Waals surface area contributed by atoms with Crippen LogP contribution in [0.5, 0.6) is 0 Å². The maximum absolute atomic E-state index is 7.36. The van der Waals surface area contributed by atoms with Gasteiger partial charge in [-0.15, -0.1) is 0 Å². The van der Waals surface area contributed by atoms with Gasteiger partial charge < -0.3 is 10.6 Å². The number of benzene rings is 3. The van der Waals surface area contributed by atoms with Crippen LogP contribution in [-0.4, -0.2) is 14.4 Å². The number of para-hydroxylation sites is 1. The summed E-state index contributed by atoms with van der Waals surface area (Å²) in [5.41, 5.74) is 20.9. The molecule has 0 spiro atoms. The maximum Gasteiger partial charge on any atom is 0.117 e. The SMILES string of the molecule is [B]c1c2cc(C(C)C)cc1N1C/C=C\C=C/CC(C3=CCCC=C3)(C3=CC=CCC3)c3cccc(c31)-c1c(\C=C/C=C\C(N)=C\C)cccc1-2. The third kappa shape index (κ3) is 6.04. The summed E-state index contributed by atoms with van der Waals surface area (Å²) < 4.78 is 0. The zero-order valence-corrected chi connectivity index (χ0v) is 29.7. The Bertz CT molecular complexity index is 2080. The van der Waals surface area contributed by atoms with Gasteiger partial charge in [0, 0.05) is 28.9 Å². The van der Waals surface area contributed by atoms with Gasteiger partial charge in [0.15, 0.2) is 0 Å². The number of hydrogen-bond acceptors (Lipinski definition) is 2. The smallest absolute Gasteiger partial charge is 0.117 e. The minimum absolute atomic E-state index is 0.339. The van der Waals surface area contributed by atoms with Crippen molar-refractivity contribution in [1.29, 1.82) is 0 Å². The second-order valence-corrected chi connectivity index (χ2v) is 14.0. The summed E-state index contributed by atoms with van der Waals surface area (Å²) in [5.74, 6) is 0.339. The molecule has 2 aliphatic carbocycles. The molecule has 0 amide bonds. The molecule has 2 bridgehead atoms. The van der Waals surface area contributed by atoms with Crippen molar-refractivity contribution in [2.24, 2.45) is 5.73 Å². The third-order valence-corrected chi connectivity index (χ3v) is 10.7. The van der Waals surface area contributed by atoms with Gasteiger partial charge in [0.25, 0.3) is 0 Å². The molecule has 50 heavy (non-hydrogen) atoms. The van der Waals surface area contributed by atoms with E-state index in [2.05, 4.69) is 140 Å². The fourth-order valence-corrected chi connectivity index (χ4v) is 8.12. The van der Waals surface area contributed by atoms with Gasteiger partial charge >= 0.3 is 0 Å². The molecule has 0 aromatic heterocycles. The highest BCUT2D eigenvalue weighted by atomic mass is 15.1. The Kier molecular flexibility index (Phi) is 9.68. The van der Waals surface area contributed by atoms with Crippen LogP contribution in [-0.2, 0) is 5.41 Å². The molecule has 0 fully saturated rings. The molecule has 2 aliphatic heterocycles. The van der Waals surface area contributed by atoms with E-state index in [9.17, 15) is 0 Å². The van der Waals surface area contributed by atoms with E-state index < -0.39 is 0 Å². The molecular weight excluding hydrogens is 603 g/mol. The molecule has 2 N–H and O–H groups in total.